The third-order valence-corrected chi connectivity index (χ3v) is 11.3. The van der Waals surface area contributed by atoms with E-state index in [1.807, 2.05) is 18.2 Å². The molecule has 0 aromatic heterocycles. The van der Waals surface area contributed by atoms with Crippen LogP contribution in [-0.4, -0.2) is 46.9 Å². The third-order valence-electron chi connectivity index (χ3n) is 11.3. The van der Waals surface area contributed by atoms with Gasteiger partial charge in [-0.2, -0.15) is 0 Å². The number of hydrogen-bond donors (Lipinski definition) is 3. The van der Waals surface area contributed by atoms with Gasteiger partial charge in [-0.25, -0.2) is 0 Å². The van der Waals surface area contributed by atoms with Gasteiger partial charge in [0.15, 0.2) is 0 Å². The van der Waals surface area contributed by atoms with Crippen molar-refractivity contribution >= 4 is 11.9 Å². The summed E-state index contributed by atoms with van der Waals surface area (Å²) in [4.78, 5) is 26.0. The Morgan fingerprint density at radius 2 is 0.931 bits per heavy atom. The standard InChI is InChI=1S/C52H95NO5/c1-4-7-10-13-16-19-21-23-25-27-28-30-32-35-38-41-44-50(55)49(47-54)53-51(56)46-48(43-40-37-34-18-15-12-9-6-3)58-52(57)45-42-39-36-33-31-29-26-24-22-20-17-14-11-8-5-2/h8,11,14,17,20,22,24,26,48-50,54-55H,4-7,9-10,12-13,15-16,18-19,21,23,25,27-47H2,1-3H3,(H,53,56)/b11-8+,17-14+,22-20+,26-24-. The first kappa shape index (κ1) is 55.8. The van der Waals surface area contributed by atoms with Crippen molar-refractivity contribution in [2.24, 2.45) is 0 Å². The van der Waals surface area contributed by atoms with Gasteiger partial charge in [-0.15, -0.1) is 0 Å². The van der Waals surface area contributed by atoms with E-state index in [1.54, 1.807) is 0 Å². The van der Waals surface area contributed by atoms with Crippen LogP contribution in [0.2, 0.25) is 0 Å². The number of aliphatic hydroxyl groups is 2. The van der Waals surface area contributed by atoms with E-state index in [0.717, 1.165) is 83.5 Å². The van der Waals surface area contributed by atoms with Crippen LogP contribution in [0.15, 0.2) is 48.6 Å². The molecule has 0 aromatic carbocycles. The van der Waals surface area contributed by atoms with Crippen molar-refractivity contribution in [3.8, 4) is 0 Å². The van der Waals surface area contributed by atoms with Gasteiger partial charge in [0.25, 0.3) is 0 Å². The van der Waals surface area contributed by atoms with Crippen LogP contribution >= 0.6 is 0 Å². The first-order valence-electron chi connectivity index (χ1n) is 24.9. The lowest BCUT2D eigenvalue weighted by Gasteiger charge is -2.24. The average molecular weight is 814 g/mol. The summed E-state index contributed by atoms with van der Waals surface area (Å²) in [6.45, 7) is 6.32. The van der Waals surface area contributed by atoms with Gasteiger partial charge < -0.3 is 20.3 Å². The monoisotopic (exact) mass is 814 g/mol. The van der Waals surface area contributed by atoms with Gasteiger partial charge in [0.05, 0.1) is 25.2 Å². The van der Waals surface area contributed by atoms with Crippen molar-refractivity contribution < 1.29 is 24.5 Å². The highest BCUT2D eigenvalue weighted by Crippen LogP contribution is 2.18. The number of rotatable bonds is 44. The van der Waals surface area contributed by atoms with Gasteiger partial charge >= 0.3 is 5.97 Å². The second kappa shape index (κ2) is 45.9. The SMILES string of the molecule is CC/C=C/C=C/C=C/C=C\CCCCCCCC(=O)OC(CCCCCCCCCC)CC(=O)NC(CO)C(O)CCCCCCCCCCCCCCCCCC. The molecule has 338 valence electrons. The van der Waals surface area contributed by atoms with Crippen LogP contribution < -0.4 is 5.32 Å². The Morgan fingerprint density at radius 3 is 1.41 bits per heavy atom. The van der Waals surface area contributed by atoms with E-state index in [9.17, 15) is 19.8 Å². The highest BCUT2D eigenvalue weighted by Gasteiger charge is 2.24. The molecule has 0 bridgehead atoms. The second-order valence-electron chi connectivity index (χ2n) is 16.9. The van der Waals surface area contributed by atoms with Gasteiger partial charge in [-0.3, -0.25) is 9.59 Å². The maximum Gasteiger partial charge on any atom is 0.306 e. The molecule has 6 heteroatoms. The first-order chi connectivity index (χ1) is 28.5. The molecule has 58 heavy (non-hydrogen) atoms. The maximum atomic E-state index is 13.1. The normalized spacial score (nSPS) is 13.7. The summed E-state index contributed by atoms with van der Waals surface area (Å²) >= 11 is 0. The zero-order chi connectivity index (χ0) is 42.4. The van der Waals surface area contributed by atoms with Crippen LogP contribution in [0.1, 0.15) is 245 Å². The molecule has 0 saturated heterocycles. The van der Waals surface area contributed by atoms with Crippen molar-refractivity contribution in [1.82, 2.24) is 5.32 Å². The van der Waals surface area contributed by atoms with E-state index in [2.05, 4.69) is 56.5 Å². The lowest BCUT2D eigenvalue weighted by Crippen LogP contribution is -2.46. The van der Waals surface area contributed by atoms with Crippen molar-refractivity contribution in [3.05, 3.63) is 48.6 Å². The summed E-state index contributed by atoms with van der Waals surface area (Å²) in [6.07, 6.45) is 54.6. The quantitative estimate of drug-likeness (QED) is 0.0323. The summed E-state index contributed by atoms with van der Waals surface area (Å²) in [7, 11) is 0. The largest absolute Gasteiger partial charge is 0.462 e. The summed E-state index contributed by atoms with van der Waals surface area (Å²) in [5, 5.41) is 23.7. The van der Waals surface area contributed by atoms with E-state index >= 15 is 0 Å². The van der Waals surface area contributed by atoms with Crippen LogP contribution in [0, 0.1) is 0 Å². The van der Waals surface area contributed by atoms with Crippen LogP contribution in [-0.2, 0) is 14.3 Å². The second-order valence-corrected chi connectivity index (χ2v) is 16.9. The van der Waals surface area contributed by atoms with Crippen LogP contribution in [0.5, 0.6) is 0 Å². The fraction of sp³-hybridized carbons (Fsp3) is 0.808. The Morgan fingerprint density at radius 1 is 0.517 bits per heavy atom. The van der Waals surface area contributed by atoms with Gasteiger partial charge in [0.2, 0.25) is 5.91 Å². The Balaban J connectivity index is 4.44. The molecule has 6 nitrogen and oxygen atoms in total. The fourth-order valence-electron chi connectivity index (χ4n) is 7.50. The van der Waals surface area contributed by atoms with Gasteiger partial charge in [-0.05, 0) is 44.9 Å². The Labute approximate surface area is 359 Å². The van der Waals surface area contributed by atoms with Crippen molar-refractivity contribution in [3.63, 3.8) is 0 Å². The molecule has 0 spiro atoms. The summed E-state index contributed by atoms with van der Waals surface area (Å²) in [5.41, 5.74) is 0. The fourth-order valence-corrected chi connectivity index (χ4v) is 7.50. The molecule has 0 heterocycles. The molecule has 0 fully saturated rings. The molecule has 0 radical (unpaired) electrons. The number of nitrogens with one attached hydrogen (secondary N) is 1. The number of amides is 1. The van der Waals surface area contributed by atoms with Crippen LogP contribution in [0.25, 0.3) is 0 Å². The number of hydrogen-bond acceptors (Lipinski definition) is 5. The molecule has 0 aliphatic carbocycles. The highest BCUT2D eigenvalue weighted by molar-refractivity contribution is 5.77. The Bertz CT molecular complexity index is 1000. The van der Waals surface area contributed by atoms with Gasteiger partial charge in [0, 0.05) is 6.42 Å². The zero-order valence-electron chi connectivity index (χ0n) is 38.4. The number of carbonyl (C=O) groups is 2. The van der Waals surface area contributed by atoms with E-state index in [0.29, 0.717) is 19.3 Å². The van der Waals surface area contributed by atoms with Crippen molar-refractivity contribution in [2.75, 3.05) is 6.61 Å². The lowest BCUT2D eigenvalue weighted by atomic mass is 10.0. The predicted molar refractivity (Wildman–Crippen MR) is 250 cm³/mol. The molecule has 0 rings (SSSR count). The number of esters is 1. The Kier molecular flexibility index (Phi) is 44.2. The number of allylic oxidation sites excluding steroid dienone is 8. The minimum Gasteiger partial charge on any atom is -0.462 e. The van der Waals surface area contributed by atoms with Crippen LogP contribution in [0.4, 0.5) is 0 Å². The Hall–Kier alpha value is -2.18. The van der Waals surface area contributed by atoms with Gasteiger partial charge in [-0.1, -0.05) is 236 Å². The number of aliphatic hydroxyl groups excluding tert-OH is 2. The van der Waals surface area contributed by atoms with Crippen molar-refractivity contribution in [2.45, 2.75) is 264 Å². The summed E-state index contributed by atoms with van der Waals surface area (Å²) in [5.74, 6) is -0.499. The zero-order valence-corrected chi connectivity index (χ0v) is 38.4. The molecule has 0 saturated carbocycles. The van der Waals surface area contributed by atoms with E-state index in [4.69, 9.17) is 4.74 Å². The highest BCUT2D eigenvalue weighted by atomic mass is 16.5. The minimum absolute atomic E-state index is 0.0689. The molecule has 3 atom stereocenters. The molecule has 0 aromatic rings. The van der Waals surface area contributed by atoms with E-state index in [1.165, 1.54) is 116 Å². The first-order valence-corrected chi connectivity index (χ1v) is 24.9. The summed E-state index contributed by atoms with van der Waals surface area (Å²) < 4.78 is 5.89. The smallest absolute Gasteiger partial charge is 0.306 e. The number of carbonyl (C=O) groups excluding carboxylic acids is 2. The molecule has 0 aliphatic heterocycles. The molecule has 1 amide bonds. The van der Waals surface area contributed by atoms with Gasteiger partial charge in [0.1, 0.15) is 6.10 Å². The molecular weight excluding hydrogens is 719 g/mol. The lowest BCUT2D eigenvalue weighted by molar-refractivity contribution is -0.151. The predicted octanol–water partition coefficient (Wildman–Crippen LogP) is 14.7. The molecule has 3 N–H and O–H groups in total. The number of unbranched alkanes of at least 4 members (excludes halogenated alkanes) is 27. The average Bonchev–Trinajstić information content (AvgIpc) is 3.22. The van der Waals surface area contributed by atoms with E-state index < -0.39 is 18.2 Å². The topological polar surface area (TPSA) is 95.9 Å². The van der Waals surface area contributed by atoms with Crippen molar-refractivity contribution in [1.29, 1.82) is 0 Å². The maximum absolute atomic E-state index is 13.1. The third kappa shape index (κ3) is 40.6. The molecule has 0 aliphatic rings. The molecular formula is C52H95NO5. The number of ether oxygens (including phenoxy) is 1. The summed E-state index contributed by atoms with van der Waals surface area (Å²) in [6, 6.07) is -0.703. The van der Waals surface area contributed by atoms with E-state index in [-0.39, 0.29) is 24.9 Å². The van der Waals surface area contributed by atoms with Crippen LogP contribution in [0.3, 0.4) is 0 Å². The molecule has 3 unspecified atom stereocenters. The minimum atomic E-state index is -0.789.